The number of ether oxygens (including phenoxy) is 2. The maximum Gasteiger partial charge on any atom is 0.330 e. The lowest BCUT2D eigenvalue weighted by Crippen LogP contribution is -2.49. The molecule has 1 aromatic rings. The Bertz CT molecular complexity index is 612. The molecule has 0 aromatic heterocycles. The summed E-state index contributed by atoms with van der Waals surface area (Å²) in [6, 6.07) is 9.41. The Morgan fingerprint density at radius 2 is 1.95 bits per heavy atom. The molecule has 0 heterocycles. The quantitative estimate of drug-likeness (QED) is 0.657. The number of allylic oxidation sites excluding steroid dienone is 1. The molecule has 0 radical (unpaired) electrons. The van der Waals surface area contributed by atoms with Crippen LogP contribution in [0.25, 0.3) is 0 Å². The minimum atomic E-state index is -1.23. The number of rotatable bonds is 5. The van der Waals surface area contributed by atoms with Crippen molar-refractivity contribution in [3.63, 3.8) is 0 Å². The second kappa shape index (κ2) is 5.57. The van der Waals surface area contributed by atoms with Gasteiger partial charge in [0.1, 0.15) is 12.1 Å². The number of esters is 2. The van der Waals surface area contributed by atoms with Gasteiger partial charge in [-0.3, -0.25) is 4.79 Å². The third-order valence-corrected chi connectivity index (χ3v) is 4.35. The molecule has 0 unspecified atom stereocenters. The molecular formula is C17H19NO4. The third-order valence-electron chi connectivity index (χ3n) is 4.35. The Hall–Kier alpha value is -2.14. The zero-order chi connectivity index (χ0) is 15.7. The van der Waals surface area contributed by atoms with Gasteiger partial charge in [0.15, 0.2) is 0 Å². The zero-order valence-electron chi connectivity index (χ0n) is 12.4. The number of carbonyl (C=O) groups is 2. The maximum atomic E-state index is 12.4. The van der Waals surface area contributed by atoms with E-state index in [9.17, 15) is 9.59 Å². The average molecular weight is 301 g/mol. The van der Waals surface area contributed by atoms with Crippen molar-refractivity contribution in [3.05, 3.63) is 48.0 Å². The molecule has 1 fully saturated rings. The lowest BCUT2D eigenvalue weighted by Gasteiger charge is -2.22. The smallest absolute Gasteiger partial charge is 0.330 e. The highest BCUT2D eigenvalue weighted by Gasteiger charge is 2.68. The van der Waals surface area contributed by atoms with Crippen LogP contribution in [-0.4, -0.2) is 24.1 Å². The van der Waals surface area contributed by atoms with Gasteiger partial charge in [0.2, 0.25) is 0 Å². The molecule has 5 nitrogen and oxygen atoms in total. The molecule has 0 bridgehead atoms. The summed E-state index contributed by atoms with van der Waals surface area (Å²) in [5.74, 6) is -1.35. The third kappa shape index (κ3) is 2.41. The van der Waals surface area contributed by atoms with Crippen LogP contribution in [0.3, 0.4) is 0 Å². The summed E-state index contributed by atoms with van der Waals surface area (Å²) in [4.78, 5) is 24.2. The van der Waals surface area contributed by atoms with Gasteiger partial charge in [-0.1, -0.05) is 42.5 Å². The van der Waals surface area contributed by atoms with Crippen LogP contribution in [0.15, 0.2) is 42.5 Å². The van der Waals surface area contributed by atoms with Gasteiger partial charge in [-0.15, -0.1) is 0 Å². The molecule has 1 saturated carbocycles. The van der Waals surface area contributed by atoms with Gasteiger partial charge in [0.25, 0.3) is 0 Å². The second-order valence-corrected chi connectivity index (χ2v) is 5.73. The lowest BCUT2D eigenvalue weighted by atomic mass is 9.95. The van der Waals surface area contributed by atoms with E-state index in [0.29, 0.717) is 6.61 Å². The van der Waals surface area contributed by atoms with Gasteiger partial charge in [-0.25, -0.2) is 4.79 Å². The number of carbonyl (C=O) groups excluding carboxylic acids is 2. The van der Waals surface area contributed by atoms with Gasteiger partial charge in [-0.2, -0.15) is 0 Å². The fraction of sp³-hybridized carbons (Fsp3) is 0.412. The maximum absolute atomic E-state index is 12.4. The van der Waals surface area contributed by atoms with Gasteiger partial charge < -0.3 is 15.2 Å². The molecule has 0 amide bonds. The van der Waals surface area contributed by atoms with Crippen LogP contribution in [0.5, 0.6) is 0 Å². The van der Waals surface area contributed by atoms with Crippen molar-refractivity contribution in [1.82, 2.24) is 0 Å². The predicted octanol–water partition coefficient (Wildman–Crippen LogP) is 1.42. The molecule has 5 heteroatoms. The lowest BCUT2D eigenvalue weighted by molar-refractivity contribution is -0.151. The summed E-state index contributed by atoms with van der Waals surface area (Å²) in [7, 11) is 0. The van der Waals surface area contributed by atoms with Crippen molar-refractivity contribution < 1.29 is 19.1 Å². The number of benzene rings is 1. The minimum Gasteiger partial charge on any atom is -0.466 e. The van der Waals surface area contributed by atoms with Crippen molar-refractivity contribution in [2.24, 2.45) is 23.5 Å². The number of nitrogens with two attached hydrogens (primary N) is 1. The van der Waals surface area contributed by atoms with E-state index in [1.54, 1.807) is 13.0 Å². The molecular weight excluding hydrogens is 282 g/mol. The van der Waals surface area contributed by atoms with Crippen LogP contribution in [0, 0.1) is 17.8 Å². The summed E-state index contributed by atoms with van der Waals surface area (Å²) >= 11 is 0. The molecule has 0 spiro atoms. The molecule has 0 aliphatic heterocycles. The van der Waals surface area contributed by atoms with Crippen molar-refractivity contribution in [3.8, 4) is 0 Å². The topological polar surface area (TPSA) is 78.6 Å². The summed E-state index contributed by atoms with van der Waals surface area (Å²) in [6.07, 6.45) is 3.49. The minimum absolute atomic E-state index is 0.00618. The standard InChI is InChI=1S/C17H19NO4/c1-2-21-15(19)13-12-8-9-17(18,14(12)13)16(20)22-10-11-6-4-3-5-7-11/h3-9,12-14H,2,10,18H2,1H3/t12-,13-,14-,17+/m0/s1. The van der Waals surface area contributed by atoms with Crippen molar-refractivity contribution in [2.45, 2.75) is 19.1 Å². The van der Waals surface area contributed by atoms with E-state index in [0.717, 1.165) is 5.56 Å². The summed E-state index contributed by atoms with van der Waals surface area (Å²) in [5, 5.41) is 0. The molecule has 3 rings (SSSR count). The zero-order valence-corrected chi connectivity index (χ0v) is 12.4. The van der Waals surface area contributed by atoms with Crippen LogP contribution in [0.2, 0.25) is 0 Å². The van der Waals surface area contributed by atoms with Crippen LogP contribution in [0.4, 0.5) is 0 Å². The highest BCUT2D eigenvalue weighted by molar-refractivity contribution is 5.89. The molecule has 2 aliphatic carbocycles. The second-order valence-electron chi connectivity index (χ2n) is 5.73. The van der Waals surface area contributed by atoms with Crippen LogP contribution < -0.4 is 5.73 Å². The molecule has 2 N–H and O–H groups in total. The Balaban J connectivity index is 1.63. The average Bonchev–Trinajstić information content (AvgIpc) is 3.17. The fourth-order valence-electron chi connectivity index (χ4n) is 3.17. The Morgan fingerprint density at radius 1 is 1.23 bits per heavy atom. The SMILES string of the molecule is CCOC(=O)[C@H]1[C@@H]2C=C[C@](N)(C(=O)OCc3ccccc3)[C@@H]21. The first-order valence-corrected chi connectivity index (χ1v) is 7.44. The fourth-order valence-corrected chi connectivity index (χ4v) is 3.17. The number of fused-ring (bicyclic) bond motifs is 1. The Kier molecular flexibility index (Phi) is 3.74. The van der Waals surface area contributed by atoms with Crippen molar-refractivity contribution in [1.29, 1.82) is 0 Å². The monoisotopic (exact) mass is 301 g/mol. The van der Waals surface area contributed by atoms with Crippen molar-refractivity contribution in [2.75, 3.05) is 6.61 Å². The number of hydrogen-bond acceptors (Lipinski definition) is 5. The first-order valence-electron chi connectivity index (χ1n) is 7.44. The van der Waals surface area contributed by atoms with E-state index in [4.69, 9.17) is 15.2 Å². The summed E-state index contributed by atoms with van der Waals surface area (Å²) in [5.41, 5.74) is 5.88. The van der Waals surface area contributed by atoms with E-state index in [-0.39, 0.29) is 30.3 Å². The van der Waals surface area contributed by atoms with Crippen molar-refractivity contribution >= 4 is 11.9 Å². The Morgan fingerprint density at radius 3 is 2.64 bits per heavy atom. The first kappa shape index (κ1) is 14.8. The van der Waals surface area contributed by atoms with E-state index >= 15 is 0 Å². The Labute approximate surface area is 129 Å². The van der Waals surface area contributed by atoms with E-state index < -0.39 is 11.5 Å². The van der Waals surface area contributed by atoms with E-state index in [2.05, 4.69) is 0 Å². The molecule has 22 heavy (non-hydrogen) atoms. The van der Waals surface area contributed by atoms with E-state index in [1.807, 2.05) is 36.4 Å². The van der Waals surface area contributed by atoms with Crippen LogP contribution in [0.1, 0.15) is 12.5 Å². The highest BCUT2D eigenvalue weighted by Crippen LogP contribution is 2.58. The first-order chi connectivity index (χ1) is 10.6. The molecule has 116 valence electrons. The normalized spacial score (nSPS) is 31.5. The predicted molar refractivity (Wildman–Crippen MR) is 79.4 cm³/mol. The highest BCUT2D eigenvalue weighted by atomic mass is 16.5. The van der Waals surface area contributed by atoms with Crippen LogP contribution >= 0.6 is 0 Å². The summed E-state index contributed by atoms with van der Waals surface area (Å²) in [6.45, 7) is 2.26. The number of hydrogen-bond donors (Lipinski definition) is 1. The van der Waals surface area contributed by atoms with Gasteiger partial charge in [-0.05, 0) is 18.4 Å². The molecule has 4 atom stereocenters. The van der Waals surface area contributed by atoms with Crippen LogP contribution in [-0.2, 0) is 25.7 Å². The van der Waals surface area contributed by atoms with Gasteiger partial charge in [0, 0.05) is 5.92 Å². The molecule has 2 aliphatic rings. The van der Waals surface area contributed by atoms with Gasteiger partial charge in [0.05, 0.1) is 12.5 Å². The molecule has 0 saturated heterocycles. The largest absolute Gasteiger partial charge is 0.466 e. The summed E-state index contributed by atoms with van der Waals surface area (Å²) < 4.78 is 10.4. The molecule has 1 aromatic carbocycles. The van der Waals surface area contributed by atoms with Gasteiger partial charge >= 0.3 is 11.9 Å². The van der Waals surface area contributed by atoms with E-state index in [1.165, 1.54) is 0 Å².